The standard InChI is InChI=1S/C29H31Br2NO4/c1-18(2)24-16-23(36-29-25(30)13-21(14-26(29)31)10-12-27(33)34)15-22(28(24)35)11-9-19-5-7-20(8-6-19)17-32(3)4/h5-9,11,13-16,18,35H,10,12,17H2,1-4H3,(H,33,34)/b11-9+. The van der Waals surface area contributed by atoms with Crippen LogP contribution in [0.2, 0.25) is 0 Å². The molecule has 0 aliphatic carbocycles. The molecule has 0 unspecified atom stereocenters. The fourth-order valence-electron chi connectivity index (χ4n) is 3.79. The number of ether oxygens (including phenoxy) is 1. The number of benzene rings is 3. The van der Waals surface area contributed by atoms with Crippen molar-refractivity contribution in [2.75, 3.05) is 14.1 Å². The predicted molar refractivity (Wildman–Crippen MR) is 153 cm³/mol. The number of rotatable bonds is 10. The average Bonchev–Trinajstić information content (AvgIpc) is 2.80. The van der Waals surface area contributed by atoms with E-state index in [1.165, 1.54) is 5.56 Å². The SMILES string of the molecule is CC(C)c1cc(Oc2c(Br)cc(CCC(=O)O)cc2Br)cc(/C=C/c2ccc(CN(C)C)cc2)c1O. The zero-order valence-corrected chi connectivity index (χ0v) is 24.1. The van der Waals surface area contributed by atoms with Crippen LogP contribution in [0.15, 0.2) is 57.5 Å². The number of carboxylic acid groups (broad SMARTS) is 1. The van der Waals surface area contributed by atoms with Crippen LogP contribution in [0, 0.1) is 0 Å². The van der Waals surface area contributed by atoms with Gasteiger partial charge < -0.3 is 19.8 Å². The number of hydrogen-bond acceptors (Lipinski definition) is 4. The summed E-state index contributed by atoms with van der Waals surface area (Å²) in [4.78, 5) is 13.0. The summed E-state index contributed by atoms with van der Waals surface area (Å²) in [5.74, 6) is 0.673. The lowest BCUT2D eigenvalue weighted by Crippen LogP contribution is -2.10. The van der Waals surface area contributed by atoms with Crippen molar-refractivity contribution in [2.45, 2.75) is 39.2 Å². The second-order valence-electron chi connectivity index (χ2n) is 9.30. The Morgan fingerprint density at radius 3 is 2.19 bits per heavy atom. The highest BCUT2D eigenvalue weighted by atomic mass is 79.9. The molecule has 3 aromatic rings. The van der Waals surface area contributed by atoms with Gasteiger partial charge in [0.15, 0.2) is 5.75 Å². The summed E-state index contributed by atoms with van der Waals surface area (Å²) in [6, 6.07) is 15.7. The van der Waals surface area contributed by atoms with Gasteiger partial charge in [0.05, 0.1) is 8.95 Å². The van der Waals surface area contributed by atoms with Crippen molar-refractivity contribution in [3.05, 3.63) is 85.3 Å². The quantitative estimate of drug-likeness (QED) is 0.225. The molecular weight excluding hydrogens is 586 g/mol. The second kappa shape index (κ2) is 12.6. The van der Waals surface area contributed by atoms with Gasteiger partial charge in [-0.15, -0.1) is 0 Å². The molecule has 0 aliphatic rings. The summed E-state index contributed by atoms with van der Waals surface area (Å²) < 4.78 is 7.68. The highest BCUT2D eigenvalue weighted by Crippen LogP contribution is 2.41. The van der Waals surface area contributed by atoms with E-state index < -0.39 is 5.97 Å². The van der Waals surface area contributed by atoms with Crippen LogP contribution in [0.4, 0.5) is 0 Å². The van der Waals surface area contributed by atoms with E-state index in [4.69, 9.17) is 9.84 Å². The van der Waals surface area contributed by atoms with E-state index in [0.717, 1.165) is 23.2 Å². The zero-order chi connectivity index (χ0) is 26.4. The summed E-state index contributed by atoms with van der Waals surface area (Å²) in [7, 11) is 4.09. The van der Waals surface area contributed by atoms with Gasteiger partial charge >= 0.3 is 5.97 Å². The molecular formula is C29H31Br2NO4. The van der Waals surface area contributed by atoms with Gasteiger partial charge in [-0.2, -0.15) is 0 Å². The van der Waals surface area contributed by atoms with Crippen LogP contribution in [0.5, 0.6) is 17.2 Å². The van der Waals surface area contributed by atoms with Crippen molar-refractivity contribution in [3.63, 3.8) is 0 Å². The molecule has 7 heteroatoms. The molecule has 190 valence electrons. The maximum atomic E-state index is 10.9. The van der Waals surface area contributed by atoms with Crippen LogP contribution in [0.1, 0.15) is 54.0 Å². The van der Waals surface area contributed by atoms with Crippen LogP contribution in [0.25, 0.3) is 12.2 Å². The lowest BCUT2D eigenvalue weighted by molar-refractivity contribution is -0.136. The number of hydrogen-bond donors (Lipinski definition) is 2. The maximum absolute atomic E-state index is 10.9. The molecule has 0 fully saturated rings. The van der Waals surface area contributed by atoms with E-state index in [9.17, 15) is 9.90 Å². The van der Waals surface area contributed by atoms with Crippen LogP contribution in [0.3, 0.4) is 0 Å². The van der Waals surface area contributed by atoms with Crippen molar-refractivity contribution in [1.29, 1.82) is 0 Å². The Balaban J connectivity index is 1.90. The normalized spacial score (nSPS) is 11.6. The molecule has 0 aromatic heterocycles. The number of phenols is 1. The Hall–Kier alpha value is -2.61. The lowest BCUT2D eigenvalue weighted by Gasteiger charge is -2.16. The number of aromatic hydroxyl groups is 1. The first kappa shape index (κ1) is 28.0. The first-order valence-electron chi connectivity index (χ1n) is 11.7. The van der Waals surface area contributed by atoms with E-state index in [1.54, 1.807) is 0 Å². The smallest absolute Gasteiger partial charge is 0.303 e. The summed E-state index contributed by atoms with van der Waals surface area (Å²) in [6.07, 6.45) is 4.36. The zero-order valence-electron chi connectivity index (χ0n) is 20.9. The van der Waals surface area contributed by atoms with Crippen molar-refractivity contribution < 1.29 is 19.7 Å². The molecule has 0 spiro atoms. The molecule has 2 N–H and O–H groups in total. The highest BCUT2D eigenvalue weighted by molar-refractivity contribution is 9.11. The topological polar surface area (TPSA) is 70.0 Å². The predicted octanol–water partition coefficient (Wildman–Crippen LogP) is 8.08. The van der Waals surface area contributed by atoms with E-state index >= 15 is 0 Å². The van der Waals surface area contributed by atoms with Gasteiger partial charge in [0.2, 0.25) is 0 Å². The van der Waals surface area contributed by atoms with Crippen LogP contribution < -0.4 is 4.74 Å². The van der Waals surface area contributed by atoms with Crippen molar-refractivity contribution in [1.82, 2.24) is 4.90 Å². The Morgan fingerprint density at radius 2 is 1.64 bits per heavy atom. The number of aryl methyl sites for hydroxylation is 1. The number of carbonyl (C=O) groups is 1. The summed E-state index contributed by atoms with van der Waals surface area (Å²) in [5, 5.41) is 19.9. The Kier molecular flexibility index (Phi) is 9.77. The third kappa shape index (κ3) is 7.69. The van der Waals surface area contributed by atoms with Gasteiger partial charge in [0, 0.05) is 24.1 Å². The fourth-order valence-corrected chi connectivity index (χ4v) is 5.23. The molecule has 0 amide bonds. The van der Waals surface area contributed by atoms with Gasteiger partial charge in [-0.25, -0.2) is 0 Å². The monoisotopic (exact) mass is 615 g/mol. The maximum Gasteiger partial charge on any atom is 0.303 e. The van der Waals surface area contributed by atoms with Gasteiger partial charge in [0.1, 0.15) is 11.5 Å². The number of nitrogens with zero attached hydrogens (tertiary/aromatic N) is 1. The molecule has 0 bridgehead atoms. The highest BCUT2D eigenvalue weighted by Gasteiger charge is 2.16. The minimum absolute atomic E-state index is 0.0584. The fraction of sp³-hybridized carbons (Fsp3) is 0.276. The molecule has 0 saturated carbocycles. The first-order chi connectivity index (χ1) is 17.0. The summed E-state index contributed by atoms with van der Waals surface area (Å²) in [6.45, 7) is 4.94. The molecule has 5 nitrogen and oxygen atoms in total. The lowest BCUT2D eigenvalue weighted by atomic mass is 9.98. The van der Waals surface area contributed by atoms with Crippen LogP contribution in [-0.4, -0.2) is 35.2 Å². The number of carboxylic acids is 1. The molecule has 3 aromatic carbocycles. The molecule has 0 atom stereocenters. The molecule has 0 aliphatic heterocycles. The largest absolute Gasteiger partial charge is 0.507 e. The van der Waals surface area contributed by atoms with Crippen molar-refractivity contribution >= 4 is 50.0 Å². The van der Waals surface area contributed by atoms with E-state index in [2.05, 4.69) is 61.0 Å². The minimum atomic E-state index is -0.835. The average molecular weight is 617 g/mol. The van der Waals surface area contributed by atoms with Gasteiger partial charge in [-0.1, -0.05) is 50.3 Å². The Morgan fingerprint density at radius 1 is 1.00 bits per heavy atom. The van der Waals surface area contributed by atoms with Gasteiger partial charge in [-0.3, -0.25) is 4.79 Å². The van der Waals surface area contributed by atoms with Crippen LogP contribution in [-0.2, 0) is 17.8 Å². The van der Waals surface area contributed by atoms with E-state index in [1.807, 2.05) is 64.4 Å². The second-order valence-corrected chi connectivity index (χ2v) is 11.0. The first-order valence-corrected chi connectivity index (χ1v) is 13.3. The summed E-state index contributed by atoms with van der Waals surface area (Å²) in [5.41, 5.74) is 4.62. The third-order valence-electron chi connectivity index (χ3n) is 5.60. The van der Waals surface area contributed by atoms with Gasteiger partial charge in [-0.05, 0) is 99.2 Å². The summed E-state index contributed by atoms with van der Waals surface area (Å²) >= 11 is 7.11. The Bertz CT molecular complexity index is 1230. The molecule has 0 radical (unpaired) electrons. The minimum Gasteiger partial charge on any atom is -0.507 e. The number of halogens is 2. The van der Waals surface area contributed by atoms with E-state index in [-0.39, 0.29) is 18.1 Å². The number of aliphatic carboxylic acids is 1. The molecule has 0 saturated heterocycles. The molecule has 3 rings (SSSR count). The Labute approximate surface area is 229 Å². The van der Waals surface area contributed by atoms with Crippen molar-refractivity contribution in [3.8, 4) is 17.2 Å². The van der Waals surface area contributed by atoms with E-state index in [0.29, 0.717) is 32.4 Å². The molecule has 0 heterocycles. The van der Waals surface area contributed by atoms with Gasteiger partial charge in [0.25, 0.3) is 0 Å². The van der Waals surface area contributed by atoms with Crippen LogP contribution >= 0.6 is 31.9 Å². The van der Waals surface area contributed by atoms with Crippen molar-refractivity contribution in [2.24, 2.45) is 0 Å². The number of phenolic OH excluding ortho intramolecular Hbond substituents is 1. The third-order valence-corrected chi connectivity index (χ3v) is 6.78. The molecule has 36 heavy (non-hydrogen) atoms.